The molecule has 0 atom stereocenters. The van der Waals surface area contributed by atoms with Crippen molar-refractivity contribution >= 4 is 21.4 Å². The number of nitrogens with zero attached hydrogens (tertiary/aromatic N) is 2. The number of hydrogen-bond donors (Lipinski definition) is 1. The molecule has 6 heteroatoms. The summed E-state index contributed by atoms with van der Waals surface area (Å²) in [6.45, 7) is 3.62. The van der Waals surface area contributed by atoms with Crippen LogP contribution in [0.5, 0.6) is 0 Å². The Balaban J connectivity index is 2.60. The Bertz CT molecular complexity index is 728. The molecule has 1 heterocycles. The van der Waals surface area contributed by atoms with Gasteiger partial charge in [-0.25, -0.2) is 8.42 Å². The topological polar surface area (TPSA) is 76.3 Å². The van der Waals surface area contributed by atoms with Crippen molar-refractivity contribution in [2.75, 3.05) is 17.1 Å². The molecular weight excluding hydrogens is 274 g/mol. The summed E-state index contributed by atoms with van der Waals surface area (Å²) in [6.07, 6.45) is 3.10. The van der Waals surface area contributed by atoms with E-state index < -0.39 is 10.0 Å². The van der Waals surface area contributed by atoms with Crippen LogP contribution < -0.4 is 10.0 Å². The highest BCUT2D eigenvalue weighted by Crippen LogP contribution is 2.29. The molecule has 0 saturated heterocycles. The van der Waals surface area contributed by atoms with E-state index in [1.807, 2.05) is 13.0 Å². The molecule has 20 heavy (non-hydrogen) atoms. The van der Waals surface area contributed by atoms with Gasteiger partial charge in [0.25, 0.3) is 10.0 Å². The van der Waals surface area contributed by atoms with Crippen molar-refractivity contribution in [2.24, 2.45) is 0 Å². The average molecular weight is 291 g/mol. The van der Waals surface area contributed by atoms with Gasteiger partial charge in [0.2, 0.25) is 0 Å². The summed E-state index contributed by atoms with van der Waals surface area (Å²) in [7, 11) is -2.19. The first kappa shape index (κ1) is 14.3. The summed E-state index contributed by atoms with van der Waals surface area (Å²) < 4.78 is 26.7. The normalized spacial score (nSPS) is 11.3. The van der Waals surface area contributed by atoms with Gasteiger partial charge in [-0.1, -0.05) is 6.07 Å². The minimum Gasteiger partial charge on any atom is -0.398 e. The molecule has 5 nitrogen and oxygen atoms in total. The minimum atomic E-state index is -3.70. The zero-order valence-corrected chi connectivity index (χ0v) is 12.5. The van der Waals surface area contributed by atoms with E-state index in [2.05, 4.69) is 4.98 Å². The van der Waals surface area contributed by atoms with Crippen LogP contribution in [0.15, 0.2) is 41.6 Å². The standard InChI is InChI=1S/C14H17N3O2S/c1-10-4-5-13(15)14(11(10)2)20(18,19)17(3)12-6-8-16-9-7-12/h4-9H,15H2,1-3H3. The van der Waals surface area contributed by atoms with Crippen LogP contribution in [-0.2, 0) is 10.0 Å². The fraction of sp³-hybridized carbons (Fsp3) is 0.214. The summed E-state index contributed by atoms with van der Waals surface area (Å²) in [6, 6.07) is 6.71. The highest BCUT2D eigenvalue weighted by molar-refractivity contribution is 7.93. The second kappa shape index (κ2) is 5.13. The van der Waals surface area contributed by atoms with Crippen LogP contribution in [-0.4, -0.2) is 20.4 Å². The van der Waals surface area contributed by atoms with Gasteiger partial charge in [0, 0.05) is 19.4 Å². The van der Waals surface area contributed by atoms with Gasteiger partial charge >= 0.3 is 0 Å². The van der Waals surface area contributed by atoms with Crippen molar-refractivity contribution in [3.8, 4) is 0 Å². The van der Waals surface area contributed by atoms with Gasteiger partial charge in [0.15, 0.2) is 0 Å². The molecule has 0 bridgehead atoms. The molecule has 106 valence electrons. The van der Waals surface area contributed by atoms with Gasteiger partial charge in [-0.2, -0.15) is 0 Å². The Hall–Kier alpha value is -2.08. The fourth-order valence-corrected chi connectivity index (χ4v) is 3.57. The Morgan fingerprint density at radius 1 is 1.10 bits per heavy atom. The maximum atomic E-state index is 12.8. The lowest BCUT2D eigenvalue weighted by Gasteiger charge is -2.22. The zero-order valence-electron chi connectivity index (χ0n) is 11.7. The quantitative estimate of drug-likeness (QED) is 0.879. The van der Waals surface area contributed by atoms with E-state index in [9.17, 15) is 8.42 Å². The molecule has 0 aliphatic rings. The first-order chi connectivity index (χ1) is 9.35. The number of rotatable bonds is 3. The molecular formula is C14H17N3O2S. The van der Waals surface area contributed by atoms with Crippen LogP contribution in [0.1, 0.15) is 11.1 Å². The summed E-state index contributed by atoms with van der Waals surface area (Å²) in [5, 5.41) is 0. The third-order valence-electron chi connectivity index (χ3n) is 3.35. The SMILES string of the molecule is Cc1ccc(N)c(S(=O)(=O)N(C)c2ccncc2)c1C. The van der Waals surface area contributed by atoms with Gasteiger partial charge in [0.05, 0.1) is 11.4 Å². The Morgan fingerprint density at radius 3 is 2.30 bits per heavy atom. The van der Waals surface area contributed by atoms with E-state index in [-0.39, 0.29) is 10.6 Å². The summed E-state index contributed by atoms with van der Waals surface area (Å²) in [5.41, 5.74) is 8.24. The molecule has 0 aliphatic heterocycles. The molecule has 2 rings (SSSR count). The number of sulfonamides is 1. The molecule has 0 amide bonds. The van der Waals surface area contributed by atoms with E-state index in [4.69, 9.17) is 5.73 Å². The van der Waals surface area contributed by atoms with E-state index in [1.54, 1.807) is 37.5 Å². The first-order valence-corrected chi connectivity index (χ1v) is 7.54. The van der Waals surface area contributed by atoms with Crippen LogP contribution in [0.3, 0.4) is 0 Å². The molecule has 2 N–H and O–H groups in total. The van der Waals surface area contributed by atoms with Gasteiger partial charge in [0.1, 0.15) is 4.90 Å². The number of nitrogen functional groups attached to an aromatic ring is 1. The minimum absolute atomic E-state index is 0.164. The van der Waals surface area contributed by atoms with Gasteiger partial charge in [-0.3, -0.25) is 9.29 Å². The lowest BCUT2D eigenvalue weighted by atomic mass is 10.1. The van der Waals surface area contributed by atoms with Crippen LogP contribution in [0.2, 0.25) is 0 Å². The molecule has 0 saturated carbocycles. The van der Waals surface area contributed by atoms with E-state index in [0.717, 1.165) is 5.56 Å². The molecule has 1 aromatic carbocycles. The molecule has 1 aromatic heterocycles. The van der Waals surface area contributed by atoms with Crippen LogP contribution in [0.4, 0.5) is 11.4 Å². The molecule has 0 unspecified atom stereocenters. The number of benzene rings is 1. The third kappa shape index (κ3) is 2.34. The van der Waals surface area contributed by atoms with Gasteiger partial charge in [-0.05, 0) is 43.2 Å². The monoisotopic (exact) mass is 291 g/mol. The number of pyridine rings is 1. The number of aryl methyl sites for hydroxylation is 1. The van der Waals surface area contributed by atoms with E-state index in [0.29, 0.717) is 11.3 Å². The lowest BCUT2D eigenvalue weighted by molar-refractivity contribution is 0.594. The highest BCUT2D eigenvalue weighted by atomic mass is 32.2. The van der Waals surface area contributed by atoms with Crippen molar-refractivity contribution in [1.82, 2.24) is 4.98 Å². The molecule has 0 aliphatic carbocycles. The Kier molecular flexibility index (Phi) is 3.67. The van der Waals surface area contributed by atoms with Crippen LogP contribution in [0.25, 0.3) is 0 Å². The van der Waals surface area contributed by atoms with Crippen LogP contribution in [0, 0.1) is 13.8 Å². The molecule has 2 aromatic rings. The molecule has 0 fully saturated rings. The number of nitrogens with two attached hydrogens (primary N) is 1. The third-order valence-corrected chi connectivity index (χ3v) is 5.34. The second-order valence-corrected chi connectivity index (χ2v) is 6.51. The number of aromatic nitrogens is 1. The average Bonchev–Trinajstić information content (AvgIpc) is 2.43. The Labute approximate surface area is 119 Å². The van der Waals surface area contributed by atoms with Gasteiger partial charge < -0.3 is 5.73 Å². The fourth-order valence-electron chi connectivity index (χ4n) is 1.98. The Morgan fingerprint density at radius 2 is 1.70 bits per heavy atom. The summed E-state index contributed by atoms with van der Waals surface area (Å²) in [5.74, 6) is 0. The van der Waals surface area contributed by atoms with Crippen molar-refractivity contribution in [2.45, 2.75) is 18.7 Å². The number of hydrogen-bond acceptors (Lipinski definition) is 4. The zero-order chi connectivity index (χ0) is 14.9. The largest absolute Gasteiger partial charge is 0.398 e. The number of anilines is 2. The van der Waals surface area contributed by atoms with E-state index in [1.165, 1.54) is 11.4 Å². The van der Waals surface area contributed by atoms with Gasteiger partial charge in [-0.15, -0.1) is 0 Å². The summed E-state index contributed by atoms with van der Waals surface area (Å²) in [4.78, 5) is 4.05. The van der Waals surface area contributed by atoms with Crippen molar-refractivity contribution < 1.29 is 8.42 Å². The van der Waals surface area contributed by atoms with Crippen LogP contribution >= 0.6 is 0 Å². The van der Waals surface area contributed by atoms with E-state index >= 15 is 0 Å². The summed E-state index contributed by atoms with van der Waals surface area (Å²) >= 11 is 0. The highest BCUT2D eigenvalue weighted by Gasteiger charge is 2.26. The first-order valence-electron chi connectivity index (χ1n) is 6.10. The van der Waals surface area contributed by atoms with Crippen molar-refractivity contribution in [3.05, 3.63) is 47.8 Å². The molecule has 0 radical (unpaired) electrons. The van der Waals surface area contributed by atoms with Crippen molar-refractivity contribution in [3.63, 3.8) is 0 Å². The smallest absolute Gasteiger partial charge is 0.266 e. The predicted molar refractivity (Wildman–Crippen MR) is 80.2 cm³/mol. The maximum absolute atomic E-state index is 12.8. The second-order valence-electron chi connectivity index (χ2n) is 4.60. The lowest BCUT2D eigenvalue weighted by Crippen LogP contribution is -2.28. The molecule has 0 spiro atoms. The maximum Gasteiger partial charge on any atom is 0.266 e. The van der Waals surface area contributed by atoms with Crippen molar-refractivity contribution in [1.29, 1.82) is 0 Å². The predicted octanol–water partition coefficient (Wildman–Crippen LogP) is 2.11.